The van der Waals surface area contributed by atoms with E-state index in [1.54, 1.807) is 24.4 Å². The van der Waals surface area contributed by atoms with Crippen LogP contribution in [0.2, 0.25) is 0 Å². The molecule has 5 rings (SSSR count). The van der Waals surface area contributed by atoms with Gasteiger partial charge < -0.3 is 15.4 Å². The quantitative estimate of drug-likeness (QED) is 0.340. The van der Waals surface area contributed by atoms with Crippen molar-refractivity contribution in [2.24, 2.45) is 0 Å². The molecule has 1 saturated heterocycles. The standard InChI is InChI=1S/C26H22F3N5O2/c27-20-6-3-16(11-22(20)29)32-26(35)33-17-4-7-21(28)25(12-17)36-19-5-8-23-24(13-19)31-18(14-30-23)15-34-9-1-2-10-34/h3-8,11-14H,1-2,9-10,15H2,(H2,32,33,35). The second-order valence-corrected chi connectivity index (χ2v) is 8.45. The summed E-state index contributed by atoms with van der Waals surface area (Å²) in [6, 6.07) is 11.2. The van der Waals surface area contributed by atoms with Gasteiger partial charge in [-0.2, -0.15) is 0 Å². The summed E-state index contributed by atoms with van der Waals surface area (Å²) in [5, 5.41) is 4.89. The number of carbonyl (C=O) groups excluding carboxylic acids is 1. The lowest BCUT2D eigenvalue weighted by Gasteiger charge is -2.14. The van der Waals surface area contributed by atoms with Crippen molar-refractivity contribution in [3.63, 3.8) is 0 Å². The second kappa shape index (κ2) is 10.2. The summed E-state index contributed by atoms with van der Waals surface area (Å²) in [4.78, 5) is 23.7. The monoisotopic (exact) mass is 493 g/mol. The van der Waals surface area contributed by atoms with Crippen molar-refractivity contribution in [2.75, 3.05) is 23.7 Å². The predicted octanol–water partition coefficient (Wildman–Crippen LogP) is 6.08. The molecule has 0 spiro atoms. The molecule has 0 aliphatic carbocycles. The van der Waals surface area contributed by atoms with E-state index in [-0.39, 0.29) is 17.1 Å². The van der Waals surface area contributed by atoms with Crippen LogP contribution < -0.4 is 15.4 Å². The number of fused-ring (bicyclic) bond motifs is 1. The molecule has 0 unspecified atom stereocenters. The molecule has 7 nitrogen and oxygen atoms in total. The highest BCUT2D eigenvalue weighted by atomic mass is 19.2. The van der Waals surface area contributed by atoms with Gasteiger partial charge in [-0.15, -0.1) is 0 Å². The van der Waals surface area contributed by atoms with Crippen LogP contribution in [0.25, 0.3) is 11.0 Å². The van der Waals surface area contributed by atoms with E-state index in [0.717, 1.165) is 43.5 Å². The van der Waals surface area contributed by atoms with E-state index in [9.17, 15) is 18.0 Å². The molecule has 0 bridgehead atoms. The van der Waals surface area contributed by atoms with Gasteiger partial charge in [-0.25, -0.2) is 22.9 Å². The van der Waals surface area contributed by atoms with Crippen LogP contribution in [0, 0.1) is 17.5 Å². The third kappa shape index (κ3) is 5.55. The van der Waals surface area contributed by atoms with Crippen molar-refractivity contribution in [3.8, 4) is 11.5 Å². The summed E-state index contributed by atoms with van der Waals surface area (Å²) < 4.78 is 46.6. The van der Waals surface area contributed by atoms with Crippen LogP contribution in [0.3, 0.4) is 0 Å². The Hall–Kier alpha value is -4.18. The fourth-order valence-electron chi connectivity index (χ4n) is 3.99. The Morgan fingerprint density at radius 2 is 1.58 bits per heavy atom. The van der Waals surface area contributed by atoms with Crippen molar-refractivity contribution in [1.82, 2.24) is 14.9 Å². The van der Waals surface area contributed by atoms with Gasteiger partial charge in [-0.1, -0.05) is 0 Å². The number of aromatic nitrogens is 2. The Morgan fingerprint density at radius 3 is 2.33 bits per heavy atom. The third-order valence-electron chi connectivity index (χ3n) is 5.74. The minimum absolute atomic E-state index is 0.0614. The SMILES string of the molecule is O=C(Nc1ccc(F)c(F)c1)Nc1ccc(F)c(Oc2ccc3ncc(CN4CCCC4)nc3c2)c1. The molecule has 0 atom stereocenters. The summed E-state index contributed by atoms with van der Waals surface area (Å²) in [5.74, 6) is -2.49. The first-order valence-corrected chi connectivity index (χ1v) is 11.4. The van der Waals surface area contributed by atoms with Crippen molar-refractivity contribution in [1.29, 1.82) is 0 Å². The minimum atomic E-state index is -1.09. The second-order valence-electron chi connectivity index (χ2n) is 8.45. The molecular formula is C26H22F3N5O2. The molecule has 2 N–H and O–H groups in total. The van der Waals surface area contributed by atoms with Gasteiger partial charge in [0.2, 0.25) is 0 Å². The van der Waals surface area contributed by atoms with Gasteiger partial charge >= 0.3 is 6.03 Å². The summed E-state index contributed by atoms with van der Waals surface area (Å²) in [7, 11) is 0. The van der Waals surface area contributed by atoms with E-state index >= 15 is 0 Å². The minimum Gasteiger partial charge on any atom is -0.454 e. The van der Waals surface area contributed by atoms with E-state index in [4.69, 9.17) is 4.74 Å². The first kappa shape index (κ1) is 23.6. The number of carbonyl (C=O) groups is 1. The number of ether oxygens (including phenoxy) is 1. The van der Waals surface area contributed by atoms with E-state index in [1.807, 2.05) is 0 Å². The molecule has 1 aromatic heterocycles. The molecule has 4 aromatic rings. The number of urea groups is 1. The zero-order chi connectivity index (χ0) is 25.1. The zero-order valence-electron chi connectivity index (χ0n) is 19.1. The summed E-state index contributed by atoms with van der Waals surface area (Å²) in [5.41, 5.74) is 2.47. The van der Waals surface area contributed by atoms with Gasteiger partial charge in [0.15, 0.2) is 23.2 Å². The molecular weight excluding hydrogens is 471 g/mol. The molecule has 36 heavy (non-hydrogen) atoms. The number of nitrogens with one attached hydrogen (secondary N) is 2. The van der Waals surface area contributed by atoms with Crippen LogP contribution in [-0.2, 0) is 6.54 Å². The first-order valence-electron chi connectivity index (χ1n) is 11.4. The average molecular weight is 493 g/mol. The maximum atomic E-state index is 14.5. The van der Waals surface area contributed by atoms with Crippen LogP contribution in [0.5, 0.6) is 11.5 Å². The lowest BCUT2D eigenvalue weighted by molar-refractivity contribution is 0.262. The van der Waals surface area contributed by atoms with Crippen LogP contribution >= 0.6 is 0 Å². The van der Waals surface area contributed by atoms with Crippen molar-refractivity contribution < 1.29 is 22.7 Å². The number of halogens is 3. The van der Waals surface area contributed by atoms with Crippen molar-refractivity contribution in [2.45, 2.75) is 19.4 Å². The Kier molecular flexibility index (Phi) is 6.68. The van der Waals surface area contributed by atoms with E-state index in [0.29, 0.717) is 16.8 Å². The zero-order valence-corrected chi connectivity index (χ0v) is 19.1. The number of hydrogen-bond acceptors (Lipinski definition) is 5. The number of anilines is 2. The highest BCUT2D eigenvalue weighted by Crippen LogP contribution is 2.29. The maximum absolute atomic E-state index is 14.5. The fourth-order valence-corrected chi connectivity index (χ4v) is 3.99. The Bertz CT molecular complexity index is 1430. The lowest BCUT2D eigenvalue weighted by atomic mass is 10.2. The average Bonchev–Trinajstić information content (AvgIpc) is 3.36. The molecule has 184 valence electrons. The maximum Gasteiger partial charge on any atom is 0.323 e. The molecule has 0 saturated carbocycles. The van der Waals surface area contributed by atoms with Crippen molar-refractivity contribution >= 4 is 28.4 Å². The van der Waals surface area contributed by atoms with Gasteiger partial charge in [0.25, 0.3) is 0 Å². The first-order chi connectivity index (χ1) is 17.4. The predicted molar refractivity (Wildman–Crippen MR) is 130 cm³/mol. The van der Waals surface area contributed by atoms with Crippen LogP contribution in [0.4, 0.5) is 29.3 Å². The molecule has 3 aromatic carbocycles. The summed E-state index contributed by atoms with van der Waals surface area (Å²) in [6.07, 6.45) is 4.14. The normalized spacial score (nSPS) is 13.6. The number of benzene rings is 3. The van der Waals surface area contributed by atoms with Crippen LogP contribution in [0.15, 0.2) is 60.8 Å². The largest absolute Gasteiger partial charge is 0.454 e. The Morgan fingerprint density at radius 1 is 0.861 bits per heavy atom. The van der Waals surface area contributed by atoms with Crippen molar-refractivity contribution in [3.05, 3.63) is 83.9 Å². The highest BCUT2D eigenvalue weighted by molar-refractivity contribution is 5.99. The van der Waals surface area contributed by atoms with Gasteiger partial charge in [0, 0.05) is 36.1 Å². The number of hydrogen-bond donors (Lipinski definition) is 2. The fraction of sp³-hybridized carbons (Fsp3) is 0.192. The number of amides is 2. The van der Waals surface area contributed by atoms with Crippen LogP contribution in [-0.4, -0.2) is 34.0 Å². The highest BCUT2D eigenvalue weighted by Gasteiger charge is 2.14. The number of likely N-dealkylation sites (tertiary alicyclic amines) is 1. The Labute approximate surface area is 204 Å². The van der Waals surface area contributed by atoms with E-state index in [2.05, 4.69) is 25.5 Å². The lowest BCUT2D eigenvalue weighted by Crippen LogP contribution is -2.19. The molecule has 10 heteroatoms. The summed E-state index contributed by atoms with van der Waals surface area (Å²) >= 11 is 0. The molecule has 1 aliphatic heterocycles. The van der Waals surface area contributed by atoms with E-state index < -0.39 is 23.5 Å². The molecule has 2 heterocycles. The number of rotatable bonds is 6. The topological polar surface area (TPSA) is 79.4 Å². The summed E-state index contributed by atoms with van der Waals surface area (Å²) in [6.45, 7) is 2.82. The molecule has 1 aliphatic rings. The smallest absolute Gasteiger partial charge is 0.323 e. The van der Waals surface area contributed by atoms with Gasteiger partial charge in [0.1, 0.15) is 5.75 Å². The number of nitrogens with zero attached hydrogens (tertiary/aromatic N) is 3. The molecule has 0 radical (unpaired) electrons. The van der Waals surface area contributed by atoms with Crippen LogP contribution in [0.1, 0.15) is 18.5 Å². The van der Waals surface area contributed by atoms with Gasteiger partial charge in [-0.05, 0) is 62.3 Å². The van der Waals surface area contributed by atoms with Gasteiger partial charge in [-0.3, -0.25) is 9.88 Å². The molecule has 2 amide bonds. The van der Waals surface area contributed by atoms with Gasteiger partial charge in [0.05, 0.1) is 22.9 Å². The van der Waals surface area contributed by atoms with E-state index in [1.165, 1.54) is 31.0 Å². The third-order valence-corrected chi connectivity index (χ3v) is 5.74. The Balaban J connectivity index is 1.29. The molecule has 1 fully saturated rings.